The average molecular weight is 326 g/mol. The zero-order chi connectivity index (χ0) is 16.6. The Kier molecular flexibility index (Phi) is 3.75. The molecule has 126 valence electrons. The number of aromatic nitrogens is 2. The first-order valence-corrected chi connectivity index (χ1v) is 8.57. The molecule has 2 aromatic rings. The van der Waals surface area contributed by atoms with Crippen molar-refractivity contribution in [1.82, 2.24) is 20.8 Å². The van der Waals surface area contributed by atoms with Gasteiger partial charge in [-0.05, 0) is 43.7 Å². The predicted octanol–water partition coefficient (Wildman–Crippen LogP) is 2.79. The highest BCUT2D eigenvalue weighted by Crippen LogP contribution is 2.48. The van der Waals surface area contributed by atoms with Crippen molar-refractivity contribution in [3.8, 4) is 0 Å². The fourth-order valence-corrected chi connectivity index (χ4v) is 3.18. The van der Waals surface area contributed by atoms with Gasteiger partial charge in [0.05, 0.1) is 6.54 Å². The third-order valence-electron chi connectivity index (χ3n) is 4.98. The number of carbonyl (C=O) groups is 1. The van der Waals surface area contributed by atoms with E-state index in [2.05, 4.69) is 52.0 Å². The molecule has 0 atom stereocenters. The summed E-state index contributed by atoms with van der Waals surface area (Å²) in [7, 11) is 0. The topological polar surface area (TPSA) is 80.0 Å². The minimum absolute atomic E-state index is 0.103. The maximum Gasteiger partial charge on any atom is 0.315 e. The average Bonchev–Trinajstić information content (AvgIpc) is 3.51. The molecule has 6 nitrogen and oxygen atoms in total. The van der Waals surface area contributed by atoms with E-state index in [-0.39, 0.29) is 18.0 Å². The summed E-state index contributed by atoms with van der Waals surface area (Å²) in [5.41, 5.74) is 2.73. The SMILES string of the molecule is Cc1ccccc1C1(CNC(=O)NCc2nc(C3CC3)no2)CC1. The van der Waals surface area contributed by atoms with E-state index in [1.807, 2.05) is 0 Å². The summed E-state index contributed by atoms with van der Waals surface area (Å²) in [6, 6.07) is 8.22. The van der Waals surface area contributed by atoms with Crippen LogP contribution < -0.4 is 10.6 Å². The number of hydrogen-bond donors (Lipinski definition) is 2. The Bertz CT molecular complexity index is 747. The van der Waals surface area contributed by atoms with Crippen LogP contribution in [0.2, 0.25) is 0 Å². The highest BCUT2D eigenvalue weighted by atomic mass is 16.5. The summed E-state index contributed by atoms with van der Waals surface area (Å²) in [4.78, 5) is 16.4. The Labute approximate surface area is 141 Å². The predicted molar refractivity (Wildman–Crippen MR) is 88.6 cm³/mol. The largest absolute Gasteiger partial charge is 0.337 e. The van der Waals surface area contributed by atoms with Gasteiger partial charge < -0.3 is 15.2 Å². The Hall–Kier alpha value is -2.37. The second kappa shape index (κ2) is 5.92. The molecule has 2 saturated carbocycles. The normalized spacial score (nSPS) is 18.2. The second-order valence-corrected chi connectivity index (χ2v) is 6.95. The molecule has 24 heavy (non-hydrogen) atoms. The van der Waals surface area contributed by atoms with Gasteiger partial charge in [0.15, 0.2) is 5.82 Å². The van der Waals surface area contributed by atoms with Gasteiger partial charge in [0, 0.05) is 17.9 Å². The van der Waals surface area contributed by atoms with Crippen LogP contribution in [0.5, 0.6) is 0 Å². The first-order valence-electron chi connectivity index (χ1n) is 8.57. The highest BCUT2D eigenvalue weighted by molar-refractivity contribution is 5.74. The maximum absolute atomic E-state index is 12.0. The summed E-state index contributed by atoms with van der Waals surface area (Å²) < 4.78 is 5.16. The molecule has 0 unspecified atom stereocenters. The molecule has 1 heterocycles. The van der Waals surface area contributed by atoms with E-state index in [1.165, 1.54) is 11.1 Å². The van der Waals surface area contributed by atoms with E-state index in [0.717, 1.165) is 31.5 Å². The van der Waals surface area contributed by atoms with Crippen molar-refractivity contribution in [3.63, 3.8) is 0 Å². The quantitative estimate of drug-likeness (QED) is 0.855. The third kappa shape index (κ3) is 3.13. The Morgan fingerprint density at radius 2 is 2.08 bits per heavy atom. The lowest BCUT2D eigenvalue weighted by Crippen LogP contribution is -2.39. The Balaban J connectivity index is 1.28. The van der Waals surface area contributed by atoms with Gasteiger partial charge in [-0.1, -0.05) is 29.4 Å². The molecule has 2 aliphatic carbocycles. The number of amides is 2. The van der Waals surface area contributed by atoms with Crippen LogP contribution in [0.15, 0.2) is 28.8 Å². The minimum atomic E-state index is -0.193. The van der Waals surface area contributed by atoms with Gasteiger partial charge in [-0.2, -0.15) is 4.98 Å². The summed E-state index contributed by atoms with van der Waals surface area (Å²) in [6.45, 7) is 3.05. The number of benzene rings is 1. The van der Waals surface area contributed by atoms with Crippen LogP contribution in [0.3, 0.4) is 0 Å². The van der Waals surface area contributed by atoms with Gasteiger partial charge in [0.1, 0.15) is 0 Å². The van der Waals surface area contributed by atoms with Crippen molar-refractivity contribution in [2.24, 2.45) is 0 Å². The molecule has 0 spiro atoms. The number of rotatable bonds is 6. The molecule has 0 aliphatic heterocycles. The van der Waals surface area contributed by atoms with Gasteiger partial charge >= 0.3 is 6.03 Å². The highest BCUT2D eigenvalue weighted by Gasteiger charge is 2.45. The summed E-state index contributed by atoms with van der Waals surface area (Å²) in [5.74, 6) is 1.69. The van der Waals surface area contributed by atoms with Crippen LogP contribution in [-0.4, -0.2) is 22.7 Å². The summed E-state index contributed by atoms with van der Waals surface area (Å²) in [5, 5.41) is 9.72. The monoisotopic (exact) mass is 326 g/mol. The number of aryl methyl sites for hydroxylation is 1. The van der Waals surface area contributed by atoms with Gasteiger partial charge in [-0.3, -0.25) is 0 Å². The zero-order valence-corrected chi connectivity index (χ0v) is 13.8. The minimum Gasteiger partial charge on any atom is -0.337 e. The lowest BCUT2D eigenvalue weighted by Gasteiger charge is -2.19. The van der Waals surface area contributed by atoms with Crippen LogP contribution in [0, 0.1) is 6.92 Å². The van der Waals surface area contributed by atoms with Crippen molar-refractivity contribution in [2.45, 2.75) is 50.5 Å². The Morgan fingerprint density at radius 1 is 1.29 bits per heavy atom. The molecule has 2 amide bonds. The molecular weight excluding hydrogens is 304 g/mol. The van der Waals surface area contributed by atoms with Crippen molar-refractivity contribution >= 4 is 6.03 Å². The van der Waals surface area contributed by atoms with E-state index in [4.69, 9.17) is 4.52 Å². The third-order valence-corrected chi connectivity index (χ3v) is 4.98. The van der Waals surface area contributed by atoms with Gasteiger partial charge in [-0.15, -0.1) is 0 Å². The standard InChI is InChI=1S/C18H22N4O2/c1-12-4-2-3-5-14(12)18(8-9-18)11-20-17(23)19-10-15-21-16(22-24-15)13-6-7-13/h2-5,13H,6-11H2,1H3,(H2,19,20,23). The first kappa shape index (κ1) is 15.2. The summed E-state index contributed by atoms with van der Waals surface area (Å²) in [6.07, 6.45) is 4.50. The second-order valence-electron chi connectivity index (χ2n) is 6.95. The number of urea groups is 1. The van der Waals surface area contributed by atoms with Crippen molar-refractivity contribution in [2.75, 3.05) is 6.54 Å². The van der Waals surface area contributed by atoms with Crippen LogP contribution in [-0.2, 0) is 12.0 Å². The van der Waals surface area contributed by atoms with Crippen LogP contribution in [0.25, 0.3) is 0 Å². The van der Waals surface area contributed by atoms with Gasteiger partial charge in [0.2, 0.25) is 5.89 Å². The number of nitrogens with zero attached hydrogens (tertiary/aromatic N) is 2. The molecule has 1 aromatic carbocycles. The van der Waals surface area contributed by atoms with Crippen molar-refractivity contribution in [1.29, 1.82) is 0 Å². The summed E-state index contributed by atoms with van der Waals surface area (Å²) >= 11 is 0. The molecule has 2 aliphatic rings. The van der Waals surface area contributed by atoms with E-state index >= 15 is 0 Å². The van der Waals surface area contributed by atoms with Crippen molar-refractivity contribution < 1.29 is 9.32 Å². The molecule has 0 bridgehead atoms. The van der Waals surface area contributed by atoms with Crippen LogP contribution in [0.4, 0.5) is 4.79 Å². The Morgan fingerprint density at radius 3 is 2.79 bits per heavy atom. The molecule has 1 aromatic heterocycles. The van der Waals surface area contributed by atoms with Crippen molar-refractivity contribution in [3.05, 3.63) is 47.1 Å². The molecule has 0 saturated heterocycles. The molecule has 2 fully saturated rings. The lowest BCUT2D eigenvalue weighted by atomic mass is 9.92. The van der Waals surface area contributed by atoms with Gasteiger partial charge in [-0.25, -0.2) is 4.79 Å². The molecule has 6 heteroatoms. The van der Waals surface area contributed by atoms with E-state index in [0.29, 0.717) is 18.4 Å². The van der Waals surface area contributed by atoms with E-state index in [1.54, 1.807) is 0 Å². The maximum atomic E-state index is 12.0. The number of hydrogen-bond acceptors (Lipinski definition) is 4. The molecule has 0 radical (unpaired) electrons. The van der Waals surface area contributed by atoms with E-state index in [9.17, 15) is 4.79 Å². The van der Waals surface area contributed by atoms with Crippen LogP contribution >= 0.6 is 0 Å². The number of nitrogens with one attached hydrogen (secondary N) is 2. The lowest BCUT2D eigenvalue weighted by molar-refractivity contribution is 0.237. The number of carbonyl (C=O) groups excluding carboxylic acids is 1. The smallest absolute Gasteiger partial charge is 0.315 e. The fraction of sp³-hybridized carbons (Fsp3) is 0.500. The van der Waals surface area contributed by atoms with Gasteiger partial charge in [0.25, 0.3) is 0 Å². The van der Waals surface area contributed by atoms with E-state index < -0.39 is 0 Å². The molecular formula is C18H22N4O2. The first-order chi connectivity index (χ1) is 11.7. The molecule has 2 N–H and O–H groups in total. The van der Waals surface area contributed by atoms with Crippen LogP contribution in [0.1, 0.15) is 54.4 Å². The molecule has 4 rings (SSSR count). The zero-order valence-electron chi connectivity index (χ0n) is 13.8. The fourth-order valence-electron chi connectivity index (χ4n) is 3.18.